The van der Waals surface area contributed by atoms with Crippen molar-refractivity contribution in [1.82, 2.24) is 4.90 Å². The van der Waals surface area contributed by atoms with Gasteiger partial charge in [0.05, 0.1) is 4.75 Å². The van der Waals surface area contributed by atoms with Gasteiger partial charge in [0.1, 0.15) is 0 Å². The van der Waals surface area contributed by atoms with Crippen LogP contribution in [0.1, 0.15) is 32.1 Å². The highest BCUT2D eigenvalue weighted by Gasteiger charge is 2.57. The molecule has 1 saturated heterocycles. The molecule has 0 aromatic heterocycles. The molecule has 3 fully saturated rings. The van der Waals surface area contributed by atoms with E-state index in [0.29, 0.717) is 29.5 Å². The van der Waals surface area contributed by atoms with Crippen LogP contribution in [0.25, 0.3) is 0 Å². The molecule has 0 bridgehead atoms. The summed E-state index contributed by atoms with van der Waals surface area (Å²) in [6.45, 7) is 1.46. The number of piperidine rings is 1. The van der Waals surface area contributed by atoms with Crippen molar-refractivity contribution in [2.75, 3.05) is 19.3 Å². The van der Waals surface area contributed by atoms with Gasteiger partial charge in [-0.2, -0.15) is 11.8 Å². The van der Waals surface area contributed by atoms with Crippen molar-refractivity contribution in [3.8, 4) is 0 Å². The number of fused-ring (bicyclic) bond motifs is 1. The van der Waals surface area contributed by atoms with Crippen molar-refractivity contribution in [3.63, 3.8) is 0 Å². The van der Waals surface area contributed by atoms with Gasteiger partial charge in [0, 0.05) is 19.0 Å². The molecule has 3 aliphatic rings. The lowest BCUT2D eigenvalue weighted by atomic mass is 9.94. The van der Waals surface area contributed by atoms with E-state index in [1.807, 2.05) is 11.2 Å². The van der Waals surface area contributed by atoms with Gasteiger partial charge in [-0.1, -0.05) is 11.6 Å². The Kier molecular flexibility index (Phi) is 3.60. The van der Waals surface area contributed by atoms with Crippen molar-refractivity contribution in [1.29, 1.82) is 0 Å². The molecule has 3 N–H and O–H groups in total. The summed E-state index contributed by atoms with van der Waals surface area (Å²) in [5.74, 6) is 2.32. The number of nitrogens with zero attached hydrogens (tertiary/aromatic N) is 2. The molecule has 20 heavy (non-hydrogen) atoms. The van der Waals surface area contributed by atoms with Crippen LogP contribution in [-0.2, 0) is 4.79 Å². The molecule has 2 saturated carbocycles. The third kappa shape index (κ3) is 2.08. The molecule has 0 radical (unpaired) electrons. The number of carbonyl (C=O) groups is 1. The van der Waals surface area contributed by atoms with Crippen molar-refractivity contribution in [3.05, 3.63) is 0 Å². The molecule has 3 rings (SSSR count). The zero-order chi connectivity index (χ0) is 14.3. The van der Waals surface area contributed by atoms with E-state index < -0.39 is 0 Å². The smallest absolute Gasteiger partial charge is 0.226 e. The molecule has 1 amide bonds. The van der Waals surface area contributed by atoms with E-state index >= 15 is 0 Å². The highest BCUT2D eigenvalue weighted by molar-refractivity contribution is 8.00. The van der Waals surface area contributed by atoms with E-state index in [4.69, 9.17) is 10.9 Å². The number of hydrogen-bond acceptors (Lipinski definition) is 4. The quantitative estimate of drug-likeness (QED) is 0.358. The van der Waals surface area contributed by atoms with Crippen molar-refractivity contribution < 1.29 is 10.0 Å². The van der Waals surface area contributed by atoms with Crippen LogP contribution in [0.2, 0.25) is 0 Å². The number of hydrogen-bond donors (Lipinski definition) is 2. The van der Waals surface area contributed by atoms with Crippen LogP contribution in [0.3, 0.4) is 0 Å². The number of carbonyl (C=O) groups excluding carboxylic acids is 1. The summed E-state index contributed by atoms with van der Waals surface area (Å²) in [6.07, 6.45) is 7.33. The summed E-state index contributed by atoms with van der Waals surface area (Å²) in [5.41, 5.74) is 5.84. The Morgan fingerprint density at radius 3 is 2.45 bits per heavy atom. The second kappa shape index (κ2) is 5.13. The molecule has 0 aromatic rings. The first-order valence-electron chi connectivity index (χ1n) is 7.45. The van der Waals surface area contributed by atoms with Crippen LogP contribution in [-0.4, -0.2) is 45.9 Å². The largest absolute Gasteiger partial charge is 0.409 e. The van der Waals surface area contributed by atoms with Gasteiger partial charge in [-0.25, -0.2) is 0 Å². The van der Waals surface area contributed by atoms with E-state index in [9.17, 15) is 4.79 Å². The van der Waals surface area contributed by atoms with Gasteiger partial charge in [0.2, 0.25) is 5.91 Å². The Hall–Kier alpha value is -0.910. The summed E-state index contributed by atoms with van der Waals surface area (Å²) in [5, 5.41) is 12.1. The van der Waals surface area contributed by atoms with Crippen LogP contribution < -0.4 is 5.73 Å². The highest BCUT2D eigenvalue weighted by atomic mass is 32.2. The number of oxime groups is 1. The van der Waals surface area contributed by atoms with Crippen molar-refractivity contribution >= 4 is 23.5 Å². The lowest BCUT2D eigenvalue weighted by Crippen LogP contribution is -2.52. The highest BCUT2D eigenvalue weighted by Crippen LogP contribution is 2.58. The Morgan fingerprint density at radius 2 is 1.95 bits per heavy atom. The van der Waals surface area contributed by atoms with Gasteiger partial charge in [0.25, 0.3) is 0 Å². The maximum absolute atomic E-state index is 12.5. The van der Waals surface area contributed by atoms with Crippen LogP contribution in [0.15, 0.2) is 5.16 Å². The van der Waals surface area contributed by atoms with Gasteiger partial charge in [-0.15, -0.1) is 0 Å². The SMILES string of the molecule is CSC1(C(N)=NO)CCN(C(=O)C2C3CCCC32)CC1. The van der Waals surface area contributed by atoms with Crippen LogP contribution in [0.5, 0.6) is 0 Å². The Labute approximate surface area is 123 Å². The van der Waals surface area contributed by atoms with Crippen LogP contribution in [0.4, 0.5) is 0 Å². The lowest BCUT2D eigenvalue weighted by Gasteiger charge is -2.40. The fraction of sp³-hybridized carbons (Fsp3) is 0.857. The van der Waals surface area contributed by atoms with Gasteiger partial charge >= 0.3 is 0 Å². The predicted octanol–water partition coefficient (Wildman–Crippen LogP) is 1.50. The number of likely N-dealkylation sites (tertiary alicyclic amines) is 1. The standard InChI is InChI=1S/C14H23N3O2S/c1-20-14(13(15)16-19)5-7-17(8-6-14)12(18)11-9-3-2-4-10(9)11/h9-11,19H,2-8H2,1H3,(H2,15,16). The molecule has 1 aliphatic heterocycles. The van der Waals surface area contributed by atoms with Gasteiger partial charge in [0.15, 0.2) is 5.84 Å². The minimum absolute atomic E-state index is 0.292. The lowest BCUT2D eigenvalue weighted by molar-refractivity contribution is -0.134. The normalized spacial score (nSPS) is 35.8. The number of amidine groups is 1. The molecule has 2 atom stereocenters. The van der Waals surface area contributed by atoms with Gasteiger partial charge < -0.3 is 15.8 Å². The molecule has 112 valence electrons. The molecule has 0 aromatic carbocycles. The van der Waals surface area contributed by atoms with Crippen molar-refractivity contribution in [2.45, 2.75) is 36.9 Å². The maximum atomic E-state index is 12.5. The molecule has 0 spiro atoms. The van der Waals surface area contributed by atoms with E-state index in [2.05, 4.69) is 5.16 Å². The average Bonchev–Trinajstić information content (AvgIpc) is 2.97. The fourth-order valence-corrected chi connectivity index (χ4v) is 4.98. The zero-order valence-electron chi connectivity index (χ0n) is 11.9. The number of nitrogens with two attached hydrogens (primary N) is 1. The molecule has 5 nitrogen and oxygen atoms in total. The molecule has 1 heterocycles. The minimum atomic E-state index is -0.301. The first-order valence-corrected chi connectivity index (χ1v) is 8.67. The third-order valence-electron chi connectivity index (χ3n) is 5.54. The first kappa shape index (κ1) is 14.0. The van der Waals surface area contributed by atoms with Crippen molar-refractivity contribution in [2.24, 2.45) is 28.6 Å². The van der Waals surface area contributed by atoms with E-state index in [-0.39, 0.29) is 4.75 Å². The topological polar surface area (TPSA) is 78.9 Å². The average molecular weight is 297 g/mol. The third-order valence-corrected chi connectivity index (χ3v) is 6.94. The van der Waals surface area contributed by atoms with Gasteiger partial charge in [-0.3, -0.25) is 4.79 Å². The summed E-state index contributed by atoms with van der Waals surface area (Å²) in [7, 11) is 0. The summed E-state index contributed by atoms with van der Waals surface area (Å²) >= 11 is 1.63. The summed E-state index contributed by atoms with van der Waals surface area (Å²) < 4.78 is -0.301. The van der Waals surface area contributed by atoms with E-state index in [1.165, 1.54) is 19.3 Å². The Balaban J connectivity index is 1.60. The second-order valence-electron chi connectivity index (χ2n) is 6.29. The summed E-state index contributed by atoms with van der Waals surface area (Å²) in [4.78, 5) is 14.5. The minimum Gasteiger partial charge on any atom is -0.409 e. The molecule has 6 heteroatoms. The fourth-order valence-electron chi connectivity index (χ4n) is 4.14. The van der Waals surface area contributed by atoms with E-state index in [0.717, 1.165) is 25.9 Å². The number of rotatable bonds is 3. The second-order valence-corrected chi connectivity index (χ2v) is 7.48. The van der Waals surface area contributed by atoms with Crippen LogP contribution >= 0.6 is 11.8 Å². The van der Waals surface area contributed by atoms with E-state index in [1.54, 1.807) is 11.8 Å². The zero-order valence-corrected chi connectivity index (χ0v) is 12.7. The monoisotopic (exact) mass is 297 g/mol. The van der Waals surface area contributed by atoms with Crippen LogP contribution in [0, 0.1) is 17.8 Å². The number of thioether (sulfide) groups is 1. The molecular weight excluding hydrogens is 274 g/mol. The maximum Gasteiger partial charge on any atom is 0.226 e. The molecule has 2 unspecified atom stereocenters. The molecular formula is C14H23N3O2S. The first-order chi connectivity index (χ1) is 9.63. The number of amides is 1. The predicted molar refractivity (Wildman–Crippen MR) is 79.8 cm³/mol. The summed E-state index contributed by atoms with van der Waals surface area (Å²) in [6, 6.07) is 0. The molecule has 2 aliphatic carbocycles. The van der Waals surface area contributed by atoms with Gasteiger partial charge in [-0.05, 0) is 43.8 Å². The Bertz CT molecular complexity index is 422. The Morgan fingerprint density at radius 1 is 1.35 bits per heavy atom.